The molecule has 5 nitrogen and oxygen atoms in total. The molecule has 3 rings (SSSR count). The van der Waals surface area contributed by atoms with Crippen molar-refractivity contribution in [3.05, 3.63) is 66.0 Å². The Bertz CT molecular complexity index is 1050. The molecule has 0 aliphatic carbocycles. The van der Waals surface area contributed by atoms with Crippen molar-refractivity contribution in [2.24, 2.45) is 0 Å². The fourth-order valence-corrected chi connectivity index (χ4v) is 2.99. The number of ether oxygens (including phenoxy) is 1. The Morgan fingerprint density at radius 1 is 1.36 bits per heavy atom. The molecular weight excluding hydrogens is 371 g/mol. The van der Waals surface area contributed by atoms with Crippen LogP contribution in [0.3, 0.4) is 0 Å². The van der Waals surface area contributed by atoms with Crippen LogP contribution in [0.4, 0.5) is 18.9 Å². The third-order valence-electron chi connectivity index (χ3n) is 4.29. The summed E-state index contributed by atoms with van der Waals surface area (Å²) in [7, 11) is 1.21. The van der Waals surface area contributed by atoms with Gasteiger partial charge in [0.2, 0.25) is 5.91 Å². The van der Waals surface area contributed by atoms with Gasteiger partial charge in [-0.2, -0.15) is 13.2 Å². The second kappa shape index (κ2) is 7.38. The van der Waals surface area contributed by atoms with Crippen LogP contribution < -0.4 is 10.1 Å². The molecular formula is C20H18F3N3O2. The van der Waals surface area contributed by atoms with E-state index in [0.717, 1.165) is 17.0 Å². The molecule has 0 aliphatic rings. The van der Waals surface area contributed by atoms with E-state index in [0.29, 0.717) is 23.4 Å². The number of nitrogens with zero attached hydrogens (tertiary/aromatic N) is 2. The molecule has 0 spiro atoms. The second-order valence-electron chi connectivity index (χ2n) is 6.26. The quantitative estimate of drug-likeness (QED) is 0.652. The highest BCUT2D eigenvalue weighted by Crippen LogP contribution is 2.36. The van der Waals surface area contributed by atoms with Crippen molar-refractivity contribution in [3.8, 4) is 5.75 Å². The van der Waals surface area contributed by atoms with E-state index in [9.17, 15) is 18.0 Å². The van der Waals surface area contributed by atoms with Gasteiger partial charge in [-0.15, -0.1) is 0 Å². The number of hydrogen-bond donors (Lipinski definition) is 1. The molecule has 146 valence electrons. The highest BCUT2D eigenvalue weighted by molar-refractivity contribution is 6.00. The predicted octanol–water partition coefficient (Wildman–Crippen LogP) is 4.54. The number of pyridine rings is 1. The topological polar surface area (TPSA) is 56.2 Å². The fourth-order valence-electron chi connectivity index (χ4n) is 2.99. The first kappa shape index (κ1) is 19.5. The zero-order valence-corrected chi connectivity index (χ0v) is 15.3. The zero-order valence-electron chi connectivity index (χ0n) is 15.3. The Kier molecular flexibility index (Phi) is 5.13. The summed E-state index contributed by atoms with van der Waals surface area (Å²) in [4.78, 5) is 15.8. The minimum Gasteiger partial charge on any atom is -0.496 e. The number of aromatic nitrogens is 2. The third kappa shape index (κ3) is 3.85. The molecule has 0 saturated carbocycles. The summed E-state index contributed by atoms with van der Waals surface area (Å²) < 4.78 is 45.8. The van der Waals surface area contributed by atoms with Crippen LogP contribution in [-0.4, -0.2) is 22.6 Å². The SMILES string of the molecule is C=CC(=O)Nc1cnc2c(c1)c(C)cn2Cc1ccc(C(F)(F)F)c(OC)c1. The molecule has 0 unspecified atom stereocenters. The monoisotopic (exact) mass is 389 g/mol. The average Bonchev–Trinajstić information content (AvgIpc) is 2.95. The van der Waals surface area contributed by atoms with Crippen molar-refractivity contribution < 1.29 is 22.7 Å². The Hall–Kier alpha value is -3.29. The number of rotatable bonds is 5. The lowest BCUT2D eigenvalue weighted by Gasteiger charge is -2.14. The Labute approximate surface area is 159 Å². The average molecular weight is 389 g/mol. The Morgan fingerprint density at radius 3 is 2.75 bits per heavy atom. The van der Waals surface area contributed by atoms with Gasteiger partial charge in [0.15, 0.2) is 0 Å². The molecule has 0 radical (unpaired) electrons. The second-order valence-corrected chi connectivity index (χ2v) is 6.26. The molecule has 2 aromatic heterocycles. The summed E-state index contributed by atoms with van der Waals surface area (Å²) >= 11 is 0. The van der Waals surface area contributed by atoms with Gasteiger partial charge in [-0.1, -0.05) is 12.6 Å². The summed E-state index contributed by atoms with van der Waals surface area (Å²) in [6.45, 7) is 5.63. The first-order valence-corrected chi connectivity index (χ1v) is 8.36. The molecule has 1 N–H and O–H groups in total. The number of aryl methyl sites for hydroxylation is 1. The number of amides is 1. The highest BCUT2D eigenvalue weighted by atomic mass is 19.4. The van der Waals surface area contributed by atoms with Gasteiger partial charge < -0.3 is 14.6 Å². The third-order valence-corrected chi connectivity index (χ3v) is 4.29. The minimum atomic E-state index is -4.48. The molecule has 0 bridgehead atoms. The summed E-state index contributed by atoms with van der Waals surface area (Å²) in [6, 6.07) is 5.61. The number of hydrogen-bond acceptors (Lipinski definition) is 3. The van der Waals surface area contributed by atoms with Gasteiger partial charge >= 0.3 is 6.18 Å². The zero-order chi connectivity index (χ0) is 20.5. The molecule has 1 aromatic carbocycles. The van der Waals surface area contributed by atoms with Gasteiger partial charge in [0.25, 0.3) is 0 Å². The van der Waals surface area contributed by atoms with E-state index in [1.165, 1.54) is 31.5 Å². The van der Waals surface area contributed by atoms with Crippen molar-refractivity contribution in [3.63, 3.8) is 0 Å². The van der Waals surface area contributed by atoms with Gasteiger partial charge in [-0.3, -0.25) is 4.79 Å². The van der Waals surface area contributed by atoms with Gasteiger partial charge in [0, 0.05) is 18.1 Å². The molecule has 0 aliphatic heterocycles. The lowest BCUT2D eigenvalue weighted by molar-refractivity contribution is -0.138. The van der Waals surface area contributed by atoms with E-state index in [-0.39, 0.29) is 11.7 Å². The van der Waals surface area contributed by atoms with E-state index >= 15 is 0 Å². The number of carbonyl (C=O) groups excluding carboxylic acids is 1. The van der Waals surface area contributed by atoms with Crippen molar-refractivity contribution in [1.29, 1.82) is 0 Å². The van der Waals surface area contributed by atoms with Crippen LogP contribution in [0.25, 0.3) is 11.0 Å². The number of carbonyl (C=O) groups is 1. The molecule has 0 fully saturated rings. The van der Waals surface area contributed by atoms with E-state index in [1.54, 1.807) is 6.07 Å². The summed E-state index contributed by atoms with van der Waals surface area (Å²) in [6.07, 6.45) is 0.0720. The van der Waals surface area contributed by atoms with Gasteiger partial charge in [0.1, 0.15) is 11.4 Å². The first-order chi connectivity index (χ1) is 13.2. The van der Waals surface area contributed by atoms with Crippen LogP contribution in [0.2, 0.25) is 0 Å². The van der Waals surface area contributed by atoms with Crippen LogP contribution in [0.1, 0.15) is 16.7 Å². The Morgan fingerprint density at radius 2 is 2.11 bits per heavy atom. The largest absolute Gasteiger partial charge is 0.496 e. The van der Waals surface area contributed by atoms with Crippen LogP contribution in [0.5, 0.6) is 5.75 Å². The van der Waals surface area contributed by atoms with Crippen LogP contribution in [0.15, 0.2) is 49.3 Å². The first-order valence-electron chi connectivity index (χ1n) is 8.36. The van der Waals surface area contributed by atoms with Gasteiger partial charge in [-0.25, -0.2) is 4.98 Å². The summed E-state index contributed by atoms with van der Waals surface area (Å²) in [5.41, 5.74) is 1.96. The predicted molar refractivity (Wildman–Crippen MR) is 100 cm³/mol. The normalized spacial score (nSPS) is 11.5. The van der Waals surface area contributed by atoms with E-state index < -0.39 is 11.7 Å². The maximum atomic E-state index is 13.0. The van der Waals surface area contributed by atoms with E-state index in [2.05, 4.69) is 16.9 Å². The van der Waals surface area contributed by atoms with Crippen molar-refractivity contribution in [2.45, 2.75) is 19.6 Å². The number of benzene rings is 1. The Balaban J connectivity index is 1.94. The van der Waals surface area contributed by atoms with Gasteiger partial charge in [-0.05, 0) is 42.3 Å². The lowest BCUT2D eigenvalue weighted by Crippen LogP contribution is -2.09. The van der Waals surface area contributed by atoms with Crippen molar-refractivity contribution >= 4 is 22.6 Å². The fraction of sp³-hybridized carbons (Fsp3) is 0.200. The maximum absolute atomic E-state index is 13.0. The number of halogens is 3. The summed E-state index contributed by atoms with van der Waals surface area (Å²) in [5.74, 6) is -0.560. The summed E-state index contributed by atoms with van der Waals surface area (Å²) in [5, 5.41) is 3.49. The number of anilines is 1. The number of alkyl halides is 3. The van der Waals surface area contributed by atoms with Gasteiger partial charge in [0.05, 0.1) is 24.6 Å². The molecule has 0 saturated heterocycles. The highest BCUT2D eigenvalue weighted by Gasteiger charge is 2.34. The maximum Gasteiger partial charge on any atom is 0.419 e. The van der Waals surface area contributed by atoms with Crippen molar-refractivity contribution in [2.75, 3.05) is 12.4 Å². The molecule has 8 heteroatoms. The molecule has 3 aromatic rings. The number of fused-ring (bicyclic) bond motifs is 1. The van der Waals surface area contributed by atoms with Crippen LogP contribution in [0, 0.1) is 6.92 Å². The van der Waals surface area contributed by atoms with E-state index in [1.807, 2.05) is 17.7 Å². The minimum absolute atomic E-state index is 0.222. The number of nitrogens with one attached hydrogen (secondary N) is 1. The lowest BCUT2D eigenvalue weighted by atomic mass is 10.1. The molecule has 2 heterocycles. The van der Waals surface area contributed by atoms with Crippen LogP contribution >= 0.6 is 0 Å². The molecule has 0 atom stereocenters. The molecule has 28 heavy (non-hydrogen) atoms. The van der Waals surface area contributed by atoms with E-state index in [4.69, 9.17) is 4.74 Å². The molecule has 1 amide bonds. The van der Waals surface area contributed by atoms with Crippen LogP contribution in [-0.2, 0) is 17.5 Å². The van der Waals surface area contributed by atoms with Crippen molar-refractivity contribution in [1.82, 2.24) is 9.55 Å². The standard InChI is InChI=1S/C20H18F3N3O2/c1-4-18(27)25-14-8-15-12(2)10-26(19(15)24-9-14)11-13-5-6-16(20(21,22)23)17(7-13)28-3/h4-10H,1,11H2,2-3H3,(H,25,27). The smallest absolute Gasteiger partial charge is 0.419 e. The number of methoxy groups -OCH3 is 1.